The number of aromatic nitrogens is 2. The fourth-order valence-electron chi connectivity index (χ4n) is 3.07. The molecule has 0 saturated heterocycles. The highest BCUT2D eigenvalue weighted by atomic mass is 127. The second-order valence-corrected chi connectivity index (χ2v) is 8.18. The predicted octanol–water partition coefficient (Wildman–Crippen LogP) is 6.12. The molecule has 0 spiro atoms. The van der Waals surface area contributed by atoms with Crippen LogP contribution in [-0.2, 0) is 0 Å². The average Bonchev–Trinajstić information content (AvgIpc) is 2.68. The quantitative estimate of drug-likeness (QED) is 0.319. The first-order valence-electron chi connectivity index (χ1n) is 8.74. The van der Waals surface area contributed by atoms with Crippen LogP contribution in [0, 0.1) is 10.5 Å². The Morgan fingerprint density at radius 1 is 1.00 bits per heavy atom. The summed E-state index contributed by atoms with van der Waals surface area (Å²) in [6.45, 7) is 2.05. The lowest BCUT2D eigenvalue weighted by molar-refractivity contribution is 0.944. The molecule has 138 valence electrons. The molecule has 3 nitrogen and oxygen atoms in total. The van der Waals surface area contributed by atoms with Crippen LogP contribution < -0.4 is 5.56 Å². The van der Waals surface area contributed by atoms with E-state index in [4.69, 9.17) is 16.6 Å². The van der Waals surface area contributed by atoms with Crippen molar-refractivity contribution in [3.8, 4) is 5.69 Å². The average molecular weight is 499 g/mol. The molecule has 0 unspecified atom stereocenters. The molecule has 0 N–H and O–H groups in total. The van der Waals surface area contributed by atoms with Crippen LogP contribution in [0.25, 0.3) is 28.7 Å². The van der Waals surface area contributed by atoms with Gasteiger partial charge in [0.05, 0.1) is 16.6 Å². The highest BCUT2D eigenvalue weighted by Gasteiger charge is 2.11. The zero-order chi connectivity index (χ0) is 19.7. The Bertz CT molecular complexity index is 1260. The van der Waals surface area contributed by atoms with Crippen molar-refractivity contribution in [2.45, 2.75) is 6.92 Å². The number of nitrogens with zero attached hydrogens (tertiary/aromatic N) is 2. The van der Waals surface area contributed by atoms with E-state index in [1.165, 1.54) is 5.56 Å². The topological polar surface area (TPSA) is 34.9 Å². The number of aryl methyl sites for hydroxylation is 1. The summed E-state index contributed by atoms with van der Waals surface area (Å²) < 4.78 is 2.62. The van der Waals surface area contributed by atoms with Crippen LogP contribution >= 0.6 is 34.2 Å². The van der Waals surface area contributed by atoms with Gasteiger partial charge in [-0.15, -0.1) is 0 Å². The second-order valence-electron chi connectivity index (χ2n) is 6.50. The second kappa shape index (κ2) is 7.89. The van der Waals surface area contributed by atoms with E-state index < -0.39 is 0 Å². The van der Waals surface area contributed by atoms with Crippen molar-refractivity contribution < 1.29 is 0 Å². The minimum atomic E-state index is -0.102. The standard InChI is InChI=1S/C23H16ClIN2O/c1-15-3-2-4-16(13-15)5-12-22-26-21-11-8-18(25)14-20(21)23(28)27(22)19-9-6-17(24)7-10-19/h2-14H,1H3. The van der Waals surface area contributed by atoms with Gasteiger partial charge in [-0.05, 0) is 83.6 Å². The molecule has 4 rings (SSSR count). The van der Waals surface area contributed by atoms with Crippen molar-refractivity contribution in [2.24, 2.45) is 0 Å². The Kier molecular flexibility index (Phi) is 5.33. The number of benzene rings is 3. The van der Waals surface area contributed by atoms with E-state index in [0.29, 0.717) is 21.7 Å². The Labute approximate surface area is 181 Å². The maximum atomic E-state index is 13.3. The minimum Gasteiger partial charge on any atom is -0.268 e. The molecule has 0 saturated carbocycles. The van der Waals surface area contributed by atoms with Gasteiger partial charge < -0.3 is 0 Å². The molecule has 0 aliphatic heterocycles. The first kappa shape index (κ1) is 18.9. The van der Waals surface area contributed by atoms with E-state index in [2.05, 4.69) is 41.6 Å². The van der Waals surface area contributed by atoms with E-state index >= 15 is 0 Å². The molecule has 1 heterocycles. The molecule has 28 heavy (non-hydrogen) atoms. The number of rotatable bonds is 3. The summed E-state index contributed by atoms with van der Waals surface area (Å²) in [5, 5.41) is 1.21. The first-order chi connectivity index (χ1) is 13.5. The molecule has 3 aromatic carbocycles. The summed E-state index contributed by atoms with van der Waals surface area (Å²) in [5.41, 5.74) is 3.54. The van der Waals surface area contributed by atoms with Crippen molar-refractivity contribution in [1.82, 2.24) is 9.55 Å². The Balaban J connectivity index is 1.95. The van der Waals surface area contributed by atoms with Crippen molar-refractivity contribution >= 4 is 57.2 Å². The largest absolute Gasteiger partial charge is 0.268 e. The van der Waals surface area contributed by atoms with Gasteiger partial charge in [0.15, 0.2) is 0 Å². The lowest BCUT2D eigenvalue weighted by atomic mass is 10.1. The maximum Gasteiger partial charge on any atom is 0.266 e. The highest BCUT2D eigenvalue weighted by Crippen LogP contribution is 2.19. The maximum absolute atomic E-state index is 13.3. The number of hydrogen-bond acceptors (Lipinski definition) is 2. The number of hydrogen-bond donors (Lipinski definition) is 0. The van der Waals surface area contributed by atoms with Gasteiger partial charge in [0.25, 0.3) is 5.56 Å². The molecule has 1 aromatic heterocycles. The van der Waals surface area contributed by atoms with Crippen molar-refractivity contribution in [3.05, 3.63) is 103 Å². The fourth-order valence-corrected chi connectivity index (χ4v) is 3.69. The van der Waals surface area contributed by atoms with E-state index in [1.807, 2.05) is 54.6 Å². The van der Waals surface area contributed by atoms with Crippen LogP contribution in [-0.4, -0.2) is 9.55 Å². The van der Waals surface area contributed by atoms with Gasteiger partial charge in [-0.1, -0.05) is 47.5 Å². The van der Waals surface area contributed by atoms with Crippen LogP contribution in [0.15, 0.2) is 71.5 Å². The third-order valence-corrected chi connectivity index (χ3v) is 5.33. The third kappa shape index (κ3) is 3.88. The zero-order valence-corrected chi connectivity index (χ0v) is 18.0. The SMILES string of the molecule is Cc1cccc(C=Cc2nc3ccc(I)cc3c(=O)n2-c2ccc(Cl)cc2)c1. The summed E-state index contributed by atoms with van der Waals surface area (Å²) in [6, 6.07) is 21.1. The molecular formula is C23H16ClIN2O. The van der Waals surface area contributed by atoms with Gasteiger partial charge in [0.2, 0.25) is 0 Å². The van der Waals surface area contributed by atoms with E-state index in [1.54, 1.807) is 16.7 Å². The fraction of sp³-hybridized carbons (Fsp3) is 0.0435. The monoisotopic (exact) mass is 498 g/mol. The van der Waals surface area contributed by atoms with Crippen molar-refractivity contribution in [1.29, 1.82) is 0 Å². The minimum absolute atomic E-state index is 0.102. The number of fused-ring (bicyclic) bond motifs is 1. The smallest absolute Gasteiger partial charge is 0.266 e. The zero-order valence-electron chi connectivity index (χ0n) is 15.1. The molecule has 5 heteroatoms. The van der Waals surface area contributed by atoms with E-state index in [0.717, 1.165) is 14.8 Å². The van der Waals surface area contributed by atoms with Crippen LogP contribution in [0.2, 0.25) is 5.02 Å². The normalized spacial score (nSPS) is 11.4. The van der Waals surface area contributed by atoms with Gasteiger partial charge in [0, 0.05) is 8.59 Å². The summed E-state index contributed by atoms with van der Waals surface area (Å²) in [4.78, 5) is 18.1. The van der Waals surface area contributed by atoms with Gasteiger partial charge in [-0.3, -0.25) is 9.36 Å². The van der Waals surface area contributed by atoms with Crippen molar-refractivity contribution in [2.75, 3.05) is 0 Å². The molecular weight excluding hydrogens is 483 g/mol. The summed E-state index contributed by atoms with van der Waals surface area (Å²) in [5.74, 6) is 0.572. The van der Waals surface area contributed by atoms with Gasteiger partial charge in [0.1, 0.15) is 5.82 Å². The number of halogens is 2. The lowest BCUT2D eigenvalue weighted by Crippen LogP contribution is -2.22. The van der Waals surface area contributed by atoms with E-state index in [-0.39, 0.29) is 5.56 Å². The summed E-state index contributed by atoms with van der Waals surface area (Å²) >= 11 is 8.24. The van der Waals surface area contributed by atoms with Crippen molar-refractivity contribution in [3.63, 3.8) is 0 Å². The molecule has 0 aliphatic rings. The molecule has 0 amide bonds. The molecule has 0 aliphatic carbocycles. The van der Waals surface area contributed by atoms with Gasteiger partial charge in [-0.25, -0.2) is 4.98 Å². The van der Waals surface area contributed by atoms with Crippen LogP contribution in [0.5, 0.6) is 0 Å². The molecule has 4 aromatic rings. The van der Waals surface area contributed by atoms with E-state index in [9.17, 15) is 4.79 Å². The molecule has 0 bridgehead atoms. The summed E-state index contributed by atoms with van der Waals surface area (Å²) in [7, 11) is 0. The molecule has 0 atom stereocenters. The third-order valence-electron chi connectivity index (χ3n) is 4.41. The Hall–Kier alpha value is -2.44. The Morgan fingerprint density at radius 2 is 1.79 bits per heavy atom. The van der Waals surface area contributed by atoms with Crippen LogP contribution in [0.3, 0.4) is 0 Å². The summed E-state index contributed by atoms with van der Waals surface area (Å²) in [6.07, 6.45) is 3.85. The first-order valence-corrected chi connectivity index (χ1v) is 10.2. The predicted molar refractivity (Wildman–Crippen MR) is 125 cm³/mol. The lowest BCUT2D eigenvalue weighted by Gasteiger charge is -2.12. The molecule has 0 fully saturated rings. The molecule has 0 radical (unpaired) electrons. The Morgan fingerprint density at radius 3 is 2.54 bits per heavy atom. The van der Waals surface area contributed by atoms with Crippen LogP contribution in [0.4, 0.5) is 0 Å². The van der Waals surface area contributed by atoms with Gasteiger partial charge >= 0.3 is 0 Å². The highest BCUT2D eigenvalue weighted by molar-refractivity contribution is 14.1. The van der Waals surface area contributed by atoms with Crippen LogP contribution in [0.1, 0.15) is 17.0 Å². The van der Waals surface area contributed by atoms with Gasteiger partial charge in [-0.2, -0.15) is 0 Å².